The Kier molecular flexibility index (Phi) is 8.08. The summed E-state index contributed by atoms with van der Waals surface area (Å²) in [6.45, 7) is 1.72. The maximum Gasteiger partial charge on any atom is 0.355 e. The molecule has 0 spiro atoms. The highest BCUT2D eigenvalue weighted by molar-refractivity contribution is 7.21. The van der Waals surface area contributed by atoms with Gasteiger partial charge in [0.25, 0.3) is 0 Å². The molecule has 2 N–H and O–H groups in total. The fraction of sp³-hybridized carbons (Fsp3) is 0.0769. The van der Waals surface area contributed by atoms with Crippen molar-refractivity contribution in [1.82, 2.24) is 5.43 Å². The minimum Gasteiger partial charge on any atom is -0.493 e. The number of methoxy groups -OCH3 is 1. The topological polar surface area (TPSA) is 106 Å². The number of thiophene rings is 1. The lowest BCUT2D eigenvalue weighted by Crippen LogP contribution is -2.32. The molecular formula is C26H19Cl2N3O5S. The molecule has 0 unspecified atom stereocenters. The normalized spacial score (nSPS) is 10.9. The average Bonchev–Trinajstić information content (AvgIpc) is 3.24. The summed E-state index contributed by atoms with van der Waals surface area (Å²) in [5.41, 5.74) is 3.73. The molecule has 188 valence electrons. The second-order valence-corrected chi connectivity index (χ2v) is 9.44. The number of nitrogens with one attached hydrogen (secondary N) is 2. The molecule has 4 aromatic rings. The zero-order valence-electron chi connectivity index (χ0n) is 19.5. The Morgan fingerprint density at radius 1 is 0.973 bits per heavy atom. The van der Waals surface area contributed by atoms with Gasteiger partial charge in [-0.25, -0.2) is 10.2 Å². The molecule has 0 saturated heterocycles. The van der Waals surface area contributed by atoms with Gasteiger partial charge < -0.3 is 14.8 Å². The van der Waals surface area contributed by atoms with Crippen LogP contribution >= 0.6 is 34.5 Å². The van der Waals surface area contributed by atoms with Gasteiger partial charge in [0.2, 0.25) is 0 Å². The summed E-state index contributed by atoms with van der Waals surface area (Å²) in [5.74, 6) is -2.04. The van der Waals surface area contributed by atoms with Crippen molar-refractivity contribution in [3.63, 3.8) is 0 Å². The number of rotatable bonds is 6. The van der Waals surface area contributed by atoms with Crippen LogP contribution in [0.5, 0.6) is 11.5 Å². The van der Waals surface area contributed by atoms with Crippen molar-refractivity contribution >= 4 is 74.3 Å². The molecule has 37 heavy (non-hydrogen) atoms. The number of amides is 2. The second kappa shape index (κ2) is 11.4. The van der Waals surface area contributed by atoms with E-state index >= 15 is 0 Å². The first-order valence-corrected chi connectivity index (χ1v) is 12.3. The van der Waals surface area contributed by atoms with Crippen LogP contribution in [0.15, 0.2) is 65.8 Å². The SMILES string of the molecule is COc1cc(C=NNC(=O)C(=O)Nc2cccc(Cl)c2C)ccc1OC(=O)c1sc2ccccc2c1Cl. The van der Waals surface area contributed by atoms with Gasteiger partial charge in [-0.2, -0.15) is 5.10 Å². The number of hydrogen-bond acceptors (Lipinski definition) is 7. The highest BCUT2D eigenvalue weighted by Crippen LogP contribution is 2.37. The van der Waals surface area contributed by atoms with Gasteiger partial charge in [-0.15, -0.1) is 11.3 Å². The van der Waals surface area contributed by atoms with Crippen LogP contribution in [-0.4, -0.2) is 31.1 Å². The van der Waals surface area contributed by atoms with Crippen molar-refractivity contribution in [2.75, 3.05) is 12.4 Å². The first kappa shape index (κ1) is 26.2. The number of fused-ring (bicyclic) bond motifs is 1. The molecule has 8 nitrogen and oxygen atoms in total. The largest absolute Gasteiger partial charge is 0.493 e. The molecule has 3 aromatic carbocycles. The van der Waals surface area contributed by atoms with Crippen LogP contribution in [0.25, 0.3) is 10.1 Å². The van der Waals surface area contributed by atoms with Gasteiger partial charge in [0.15, 0.2) is 11.5 Å². The number of anilines is 1. The zero-order chi connectivity index (χ0) is 26.5. The van der Waals surface area contributed by atoms with Crippen molar-refractivity contribution in [2.24, 2.45) is 5.10 Å². The van der Waals surface area contributed by atoms with Gasteiger partial charge >= 0.3 is 17.8 Å². The lowest BCUT2D eigenvalue weighted by Gasteiger charge is -2.09. The first-order chi connectivity index (χ1) is 17.8. The first-order valence-electron chi connectivity index (χ1n) is 10.7. The molecule has 11 heteroatoms. The molecule has 0 aliphatic carbocycles. The number of hydrazone groups is 1. The zero-order valence-corrected chi connectivity index (χ0v) is 21.8. The van der Waals surface area contributed by atoms with E-state index in [1.54, 1.807) is 37.3 Å². The molecule has 1 heterocycles. The summed E-state index contributed by atoms with van der Waals surface area (Å²) in [7, 11) is 1.42. The van der Waals surface area contributed by atoms with Gasteiger partial charge in [-0.3, -0.25) is 9.59 Å². The number of benzene rings is 3. The van der Waals surface area contributed by atoms with Crippen LogP contribution in [0, 0.1) is 6.92 Å². The van der Waals surface area contributed by atoms with E-state index in [2.05, 4.69) is 15.8 Å². The Morgan fingerprint density at radius 3 is 2.51 bits per heavy atom. The molecule has 2 amide bonds. The Balaban J connectivity index is 1.40. The number of esters is 1. The van der Waals surface area contributed by atoms with Crippen molar-refractivity contribution in [3.8, 4) is 11.5 Å². The highest BCUT2D eigenvalue weighted by atomic mass is 35.5. The molecule has 4 rings (SSSR count). The van der Waals surface area contributed by atoms with Crippen LogP contribution in [0.4, 0.5) is 5.69 Å². The maximum atomic E-state index is 12.8. The highest BCUT2D eigenvalue weighted by Gasteiger charge is 2.20. The van der Waals surface area contributed by atoms with Crippen molar-refractivity contribution < 1.29 is 23.9 Å². The van der Waals surface area contributed by atoms with Crippen LogP contribution in [-0.2, 0) is 9.59 Å². The molecule has 0 aliphatic rings. The Hall–Kier alpha value is -3.92. The Bertz CT molecular complexity index is 1550. The van der Waals surface area contributed by atoms with E-state index in [-0.39, 0.29) is 16.4 Å². The Labute approximate surface area is 225 Å². The minimum absolute atomic E-state index is 0.179. The van der Waals surface area contributed by atoms with Crippen LogP contribution in [0.3, 0.4) is 0 Å². The number of hydrogen-bond donors (Lipinski definition) is 2. The fourth-order valence-electron chi connectivity index (χ4n) is 3.28. The standard InChI is InChI=1S/C26H19Cl2N3O5S/c1-14-17(27)7-5-8-18(14)30-24(32)25(33)31-29-13-15-10-11-19(20(12-15)35-2)36-26(34)23-22(28)16-6-3-4-9-21(16)37-23/h3-13H,1-2H3,(H,30,32)(H,31,33). The predicted octanol–water partition coefficient (Wildman–Crippen LogP) is 5.83. The molecule has 0 atom stereocenters. The number of carbonyl (C=O) groups is 3. The molecular weight excluding hydrogens is 537 g/mol. The van der Waals surface area contributed by atoms with Gasteiger partial charge in [0.05, 0.1) is 18.3 Å². The third kappa shape index (κ3) is 5.91. The molecule has 0 aliphatic heterocycles. The summed E-state index contributed by atoms with van der Waals surface area (Å²) in [6, 6.07) is 17.1. The average molecular weight is 556 g/mol. The monoisotopic (exact) mass is 555 g/mol. The molecule has 0 fully saturated rings. The number of carbonyl (C=O) groups excluding carboxylic acids is 3. The van der Waals surface area contributed by atoms with Gasteiger partial charge in [-0.1, -0.05) is 47.5 Å². The van der Waals surface area contributed by atoms with E-state index < -0.39 is 17.8 Å². The molecule has 1 aromatic heterocycles. The van der Waals surface area contributed by atoms with E-state index in [0.29, 0.717) is 26.9 Å². The third-order valence-corrected chi connectivity index (χ3v) is 7.28. The lowest BCUT2D eigenvalue weighted by molar-refractivity contribution is -0.136. The summed E-state index contributed by atoms with van der Waals surface area (Å²) >= 11 is 13.6. The summed E-state index contributed by atoms with van der Waals surface area (Å²) in [4.78, 5) is 37.3. The van der Waals surface area contributed by atoms with E-state index in [9.17, 15) is 14.4 Å². The molecule has 0 bridgehead atoms. The van der Waals surface area contributed by atoms with Crippen molar-refractivity contribution in [3.05, 3.63) is 86.7 Å². The number of nitrogens with zero attached hydrogens (tertiary/aromatic N) is 1. The van der Waals surface area contributed by atoms with E-state index in [4.69, 9.17) is 32.7 Å². The van der Waals surface area contributed by atoms with Gasteiger partial charge in [0.1, 0.15) is 4.88 Å². The smallest absolute Gasteiger partial charge is 0.355 e. The fourth-order valence-corrected chi connectivity index (χ4v) is 4.84. The Morgan fingerprint density at radius 2 is 1.76 bits per heavy atom. The van der Waals surface area contributed by atoms with Crippen LogP contribution < -0.4 is 20.2 Å². The van der Waals surface area contributed by atoms with E-state index in [1.807, 2.05) is 24.3 Å². The summed E-state index contributed by atoms with van der Waals surface area (Å²) in [5, 5.41) is 7.86. The van der Waals surface area contributed by atoms with Crippen LogP contribution in [0.1, 0.15) is 20.8 Å². The van der Waals surface area contributed by atoms with Gasteiger partial charge in [-0.05, 0) is 54.4 Å². The lowest BCUT2D eigenvalue weighted by atomic mass is 10.2. The third-order valence-electron chi connectivity index (χ3n) is 5.21. The maximum absolute atomic E-state index is 12.8. The quantitative estimate of drug-likeness (QED) is 0.102. The van der Waals surface area contributed by atoms with Crippen molar-refractivity contribution in [2.45, 2.75) is 6.92 Å². The van der Waals surface area contributed by atoms with Crippen molar-refractivity contribution in [1.29, 1.82) is 0 Å². The number of ether oxygens (including phenoxy) is 2. The summed E-state index contributed by atoms with van der Waals surface area (Å²) in [6.07, 6.45) is 1.31. The number of halogens is 2. The van der Waals surface area contributed by atoms with E-state index in [1.165, 1.54) is 30.7 Å². The van der Waals surface area contributed by atoms with E-state index in [0.717, 1.165) is 10.1 Å². The van der Waals surface area contributed by atoms with Crippen LogP contribution in [0.2, 0.25) is 10.0 Å². The van der Waals surface area contributed by atoms with Gasteiger partial charge in [0, 0.05) is 20.8 Å². The molecule has 0 radical (unpaired) electrons. The predicted molar refractivity (Wildman–Crippen MR) is 145 cm³/mol. The second-order valence-electron chi connectivity index (χ2n) is 7.61. The summed E-state index contributed by atoms with van der Waals surface area (Å²) < 4.78 is 11.7. The molecule has 0 saturated carbocycles. The minimum atomic E-state index is -0.964.